The number of oxazole rings is 1. The summed E-state index contributed by atoms with van der Waals surface area (Å²) in [6, 6.07) is 8.74. The first-order valence-electron chi connectivity index (χ1n) is 10.5. The molecule has 0 saturated carbocycles. The minimum atomic E-state index is -0.899. The van der Waals surface area contributed by atoms with E-state index in [4.69, 9.17) is 20.8 Å². The number of aryl methyl sites for hydroxylation is 1. The van der Waals surface area contributed by atoms with Crippen molar-refractivity contribution < 1.29 is 18.3 Å². The summed E-state index contributed by atoms with van der Waals surface area (Å²) in [6.45, 7) is 1.58. The average Bonchev–Trinajstić information content (AvgIpc) is 2.98. The summed E-state index contributed by atoms with van der Waals surface area (Å²) < 4.78 is 27.0. The number of rotatable bonds is 5. The van der Waals surface area contributed by atoms with Gasteiger partial charge in [-0.05, 0) is 48.4 Å². The molecule has 0 aliphatic carbocycles. The van der Waals surface area contributed by atoms with Gasteiger partial charge in [0.25, 0.3) is 5.91 Å². The number of halogens is 2. The van der Waals surface area contributed by atoms with E-state index < -0.39 is 29.6 Å². The number of fused-ring (bicyclic) bond motifs is 1. The van der Waals surface area contributed by atoms with Crippen LogP contribution in [0.1, 0.15) is 12.0 Å². The van der Waals surface area contributed by atoms with Gasteiger partial charge < -0.3 is 19.8 Å². The predicted octanol–water partition coefficient (Wildman–Crippen LogP) is 2.52. The maximum atomic E-state index is 15.0. The van der Waals surface area contributed by atoms with Crippen LogP contribution in [0.4, 0.5) is 4.39 Å². The van der Waals surface area contributed by atoms with Crippen molar-refractivity contribution in [3.63, 3.8) is 0 Å². The molecular weight excluding hydrogens is 451 g/mol. The number of nitrogens with one attached hydrogen (secondary N) is 2. The fourth-order valence-corrected chi connectivity index (χ4v) is 4.00. The second kappa shape index (κ2) is 9.75. The number of nitrogens with zero attached hydrogens (tertiary/aromatic N) is 2. The lowest BCUT2D eigenvalue weighted by atomic mass is 9.99. The van der Waals surface area contributed by atoms with Crippen LogP contribution in [0.3, 0.4) is 0 Å². The van der Waals surface area contributed by atoms with Crippen LogP contribution in [0.15, 0.2) is 39.5 Å². The highest BCUT2D eigenvalue weighted by Crippen LogP contribution is 2.31. The SMILES string of the molecule is Cn1c(=O)oc2ccc(-c3cc(Cl)c(CC(C#N)NC(=O)C4CNCCCO4)cc3F)cc21. The third-order valence-electron chi connectivity index (χ3n) is 5.57. The minimum Gasteiger partial charge on any atom is -0.408 e. The Morgan fingerprint density at radius 1 is 1.42 bits per heavy atom. The Labute approximate surface area is 193 Å². The fraction of sp³-hybridized carbons (Fsp3) is 0.348. The maximum Gasteiger partial charge on any atom is 0.419 e. The monoisotopic (exact) mass is 472 g/mol. The van der Waals surface area contributed by atoms with Gasteiger partial charge in [0.05, 0.1) is 11.6 Å². The summed E-state index contributed by atoms with van der Waals surface area (Å²) in [5.41, 5.74) is 2.08. The van der Waals surface area contributed by atoms with E-state index in [1.54, 1.807) is 25.2 Å². The molecule has 0 radical (unpaired) electrons. The second-order valence-electron chi connectivity index (χ2n) is 7.84. The van der Waals surface area contributed by atoms with Crippen molar-refractivity contribution in [2.45, 2.75) is 25.0 Å². The summed E-state index contributed by atoms with van der Waals surface area (Å²) in [5, 5.41) is 15.5. The Balaban J connectivity index is 1.54. The average molecular weight is 473 g/mol. The van der Waals surface area contributed by atoms with E-state index in [1.165, 1.54) is 16.7 Å². The molecule has 1 aromatic heterocycles. The van der Waals surface area contributed by atoms with Gasteiger partial charge in [0.2, 0.25) is 0 Å². The van der Waals surface area contributed by atoms with E-state index in [2.05, 4.69) is 10.6 Å². The molecule has 1 aliphatic rings. The van der Waals surface area contributed by atoms with E-state index in [0.717, 1.165) is 13.0 Å². The first kappa shape index (κ1) is 23.0. The molecule has 2 N–H and O–H groups in total. The molecule has 3 aromatic rings. The van der Waals surface area contributed by atoms with Crippen LogP contribution in [0.25, 0.3) is 22.2 Å². The van der Waals surface area contributed by atoms with E-state index >= 15 is 4.39 Å². The summed E-state index contributed by atoms with van der Waals surface area (Å²) >= 11 is 6.42. The molecule has 0 bridgehead atoms. The number of ether oxygens (including phenoxy) is 1. The summed E-state index contributed by atoms with van der Waals surface area (Å²) in [6.07, 6.45) is 0.149. The van der Waals surface area contributed by atoms with Crippen LogP contribution in [-0.4, -0.2) is 42.3 Å². The van der Waals surface area contributed by atoms with Crippen LogP contribution < -0.4 is 16.4 Å². The largest absolute Gasteiger partial charge is 0.419 e. The van der Waals surface area contributed by atoms with E-state index in [0.29, 0.717) is 35.4 Å². The Bertz CT molecular complexity index is 1290. The molecule has 1 saturated heterocycles. The van der Waals surface area contributed by atoms with Gasteiger partial charge in [-0.2, -0.15) is 5.26 Å². The van der Waals surface area contributed by atoms with Crippen LogP contribution in [-0.2, 0) is 23.0 Å². The normalized spacial score (nSPS) is 17.3. The molecule has 0 spiro atoms. The molecule has 2 aromatic carbocycles. The molecule has 1 amide bonds. The third kappa shape index (κ3) is 4.93. The molecule has 8 nitrogen and oxygen atoms in total. The number of carbonyl (C=O) groups is 1. The van der Waals surface area contributed by atoms with Gasteiger partial charge in [-0.1, -0.05) is 17.7 Å². The van der Waals surface area contributed by atoms with Crippen LogP contribution in [0, 0.1) is 17.1 Å². The predicted molar refractivity (Wildman–Crippen MR) is 120 cm³/mol. The van der Waals surface area contributed by atoms with E-state index in [1.807, 2.05) is 6.07 Å². The summed E-state index contributed by atoms with van der Waals surface area (Å²) in [7, 11) is 1.57. The first-order valence-corrected chi connectivity index (χ1v) is 10.9. The number of benzene rings is 2. The number of amides is 1. The van der Waals surface area contributed by atoms with Crippen molar-refractivity contribution in [3.05, 3.63) is 57.3 Å². The number of nitriles is 1. The number of hydrogen-bond acceptors (Lipinski definition) is 6. The number of hydrogen-bond donors (Lipinski definition) is 2. The highest BCUT2D eigenvalue weighted by molar-refractivity contribution is 6.31. The zero-order valence-corrected chi connectivity index (χ0v) is 18.6. The van der Waals surface area contributed by atoms with Crippen molar-refractivity contribution in [1.82, 2.24) is 15.2 Å². The zero-order chi connectivity index (χ0) is 23.5. The van der Waals surface area contributed by atoms with Crippen molar-refractivity contribution in [1.29, 1.82) is 5.26 Å². The molecule has 33 heavy (non-hydrogen) atoms. The smallest absolute Gasteiger partial charge is 0.408 e. The molecule has 4 rings (SSSR count). The Kier molecular flexibility index (Phi) is 6.79. The van der Waals surface area contributed by atoms with Gasteiger partial charge in [-0.3, -0.25) is 9.36 Å². The lowest BCUT2D eigenvalue weighted by Crippen LogP contribution is -2.46. The van der Waals surface area contributed by atoms with E-state index in [9.17, 15) is 14.9 Å². The molecule has 1 fully saturated rings. The highest BCUT2D eigenvalue weighted by atomic mass is 35.5. The Morgan fingerprint density at radius 2 is 2.24 bits per heavy atom. The molecule has 2 atom stereocenters. The van der Waals surface area contributed by atoms with Gasteiger partial charge in [-0.15, -0.1) is 0 Å². The van der Waals surface area contributed by atoms with Crippen LogP contribution in [0.2, 0.25) is 5.02 Å². The van der Waals surface area contributed by atoms with Crippen molar-refractivity contribution in [2.24, 2.45) is 7.05 Å². The quantitative estimate of drug-likeness (QED) is 0.590. The van der Waals surface area contributed by atoms with Gasteiger partial charge in [-0.25, -0.2) is 9.18 Å². The molecule has 172 valence electrons. The summed E-state index contributed by atoms with van der Waals surface area (Å²) in [4.78, 5) is 24.2. The number of carbonyl (C=O) groups excluding carboxylic acids is 1. The lowest BCUT2D eigenvalue weighted by Gasteiger charge is -2.18. The van der Waals surface area contributed by atoms with Gasteiger partial charge >= 0.3 is 5.76 Å². The van der Waals surface area contributed by atoms with Crippen molar-refractivity contribution in [3.8, 4) is 17.2 Å². The van der Waals surface area contributed by atoms with E-state index in [-0.39, 0.29) is 17.0 Å². The number of aromatic nitrogens is 1. The highest BCUT2D eigenvalue weighted by Gasteiger charge is 2.24. The fourth-order valence-electron chi connectivity index (χ4n) is 3.76. The minimum absolute atomic E-state index is 0.0354. The van der Waals surface area contributed by atoms with Crippen LogP contribution >= 0.6 is 11.6 Å². The molecule has 10 heteroatoms. The standard InChI is InChI=1S/C23H22ClFN4O4/c1-29-19-9-13(3-4-20(19)33-23(29)31)16-10-17(24)14(8-18(16)25)7-15(11-26)28-22(30)21-12-27-5-2-6-32-21/h3-4,8-10,15,21,27H,2,5-7,12H2,1H3,(H,28,30). The maximum absolute atomic E-state index is 15.0. The van der Waals surface area contributed by atoms with Crippen molar-refractivity contribution in [2.75, 3.05) is 19.7 Å². The topological polar surface area (TPSA) is 109 Å². The Hall–Kier alpha value is -3.19. The van der Waals surface area contributed by atoms with Gasteiger partial charge in [0, 0.05) is 37.2 Å². The van der Waals surface area contributed by atoms with Gasteiger partial charge in [0.1, 0.15) is 18.0 Å². The molecule has 1 aliphatic heterocycles. The van der Waals surface area contributed by atoms with Gasteiger partial charge in [0.15, 0.2) is 5.58 Å². The summed E-state index contributed by atoms with van der Waals surface area (Å²) in [5.74, 6) is -1.45. The second-order valence-corrected chi connectivity index (χ2v) is 8.25. The van der Waals surface area contributed by atoms with Crippen molar-refractivity contribution >= 4 is 28.6 Å². The molecule has 2 unspecified atom stereocenters. The van der Waals surface area contributed by atoms with Crippen LogP contribution in [0.5, 0.6) is 0 Å². The first-order chi connectivity index (χ1) is 15.9. The molecule has 2 heterocycles. The third-order valence-corrected chi connectivity index (χ3v) is 5.93. The molecular formula is C23H22ClFN4O4. The zero-order valence-electron chi connectivity index (χ0n) is 17.9. The Morgan fingerprint density at radius 3 is 3.03 bits per heavy atom. The lowest BCUT2D eigenvalue weighted by molar-refractivity contribution is -0.132.